The second-order valence-corrected chi connectivity index (χ2v) is 2.80. The van der Waals surface area contributed by atoms with Crippen LogP contribution >= 0.6 is 0 Å². The van der Waals surface area contributed by atoms with Crippen molar-refractivity contribution in [1.82, 2.24) is 4.57 Å². The van der Waals surface area contributed by atoms with Crippen LogP contribution in [0.4, 0.5) is 0 Å². The highest BCUT2D eigenvalue weighted by Crippen LogP contribution is 1.94. The van der Waals surface area contributed by atoms with Gasteiger partial charge in [-0.25, -0.2) is 0 Å². The van der Waals surface area contributed by atoms with Gasteiger partial charge in [-0.3, -0.25) is 4.79 Å². The molecule has 1 aromatic rings. The third-order valence-electron chi connectivity index (χ3n) is 1.85. The molecule has 3 heteroatoms. The van der Waals surface area contributed by atoms with Gasteiger partial charge < -0.3 is 10.3 Å². The van der Waals surface area contributed by atoms with Gasteiger partial charge in [0.25, 0.3) is 5.56 Å². The normalized spacial score (nSPS) is 10.2. The van der Waals surface area contributed by atoms with Gasteiger partial charge in [0, 0.05) is 18.3 Å². The van der Waals surface area contributed by atoms with E-state index in [1.165, 1.54) is 0 Å². The molecule has 0 amide bonds. The first-order valence-electron chi connectivity index (χ1n) is 4.12. The van der Waals surface area contributed by atoms with E-state index in [0.29, 0.717) is 6.54 Å². The van der Waals surface area contributed by atoms with Gasteiger partial charge in [-0.15, -0.1) is 0 Å². The lowest BCUT2D eigenvalue weighted by atomic mass is 10.3. The molecule has 2 N–H and O–H groups in total. The summed E-state index contributed by atoms with van der Waals surface area (Å²) in [5.41, 5.74) is 6.42. The Balaban J connectivity index is 2.89. The van der Waals surface area contributed by atoms with Gasteiger partial charge >= 0.3 is 0 Å². The van der Waals surface area contributed by atoms with E-state index in [4.69, 9.17) is 5.73 Å². The molecule has 0 saturated heterocycles. The molecular formula is C9H14N2O. The molecular weight excluding hydrogens is 152 g/mol. The standard InChI is InChI=1S/C9H14N2O/c1-8-4-2-5-9(12)11(8)7-3-6-10/h2,4-5H,3,6-7,10H2,1H3. The summed E-state index contributed by atoms with van der Waals surface area (Å²) in [5.74, 6) is 0. The monoisotopic (exact) mass is 166 g/mol. The smallest absolute Gasteiger partial charge is 0.250 e. The molecule has 0 radical (unpaired) electrons. The van der Waals surface area contributed by atoms with Crippen LogP contribution in [-0.4, -0.2) is 11.1 Å². The van der Waals surface area contributed by atoms with Gasteiger partial charge in [0.05, 0.1) is 0 Å². The van der Waals surface area contributed by atoms with Gasteiger partial charge in [0.2, 0.25) is 0 Å². The molecule has 0 bridgehead atoms. The Morgan fingerprint density at radius 2 is 2.25 bits per heavy atom. The van der Waals surface area contributed by atoms with Gasteiger partial charge in [0.1, 0.15) is 0 Å². The molecule has 12 heavy (non-hydrogen) atoms. The van der Waals surface area contributed by atoms with Crippen molar-refractivity contribution >= 4 is 0 Å². The van der Waals surface area contributed by atoms with Crippen molar-refractivity contribution in [1.29, 1.82) is 0 Å². The lowest BCUT2D eigenvalue weighted by Gasteiger charge is -2.07. The Bertz CT molecular complexity index is 304. The van der Waals surface area contributed by atoms with E-state index in [0.717, 1.165) is 18.7 Å². The quantitative estimate of drug-likeness (QED) is 0.711. The highest BCUT2D eigenvalue weighted by Gasteiger charge is 1.96. The summed E-state index contributed by atoms with van der Waals surface area (Å²) in [4.78, 5) is 11.3. The van der Waals surface area contributed by atoms with Crippen LogP contribution in [0.15, 0.2) is 23.0 Å². The Hall–Kier alpha value is -1.09. The summed E-state index contributed by atoms with van der Waals surface area (Å²) in [6.45, 7) is 3.28. The van der Waals surface area contributed by atoms with Gasteiger partial charge in [-0.2, -0.15) is 0 Å². The van der Waals surface area contributed by atoms with Crippen LogP contribution in [0.1, 0.15) is 12.1 Å². The number of aryl methyl sites for hydroxylation is 1. The lowest BCUT2D eigenvalue weighted by Crippen LogP contribution is -2.22. The fraction of sp³-hybridized carbons (Fsp3) is 0.444. The maximum absolute atomic E-state index is 11.3. The van der Waals surface area contributed by atoms with Crippen LogP contribution < -0.4 is 11.3 Å². The first-order chi connectivity index (χ1) is 5.75. The van der Waals surface area contributed by atoms with E-state index in [9.17, 15) is 4.79 Å². The zero-order chi connectivity index (χ0) is 8.97. The summed E-state index contributed by atoms with van der Waals surface area (Å²) in [5, 5.41) is 0. The van der Waals surface area contributed by atoms with Crippen LogP contribution in [0.2, 0.25) is 0 Å². The predicted molar refractivity (Wildman–Crippen MR) is 49.1 cm³/mol. The molecule has 0 spiro atoms. The van der Waals surface area contributed by atoms with Crippen molar-refractivity contribution < 1.29 is 0 Å². The molecule has 3 nitrogen and oxygen atoms in total. The number of nitrogens with two attached hydrogens (primary N) is 1. The molecule has 0 unspecified atom stereocenters. The van der Waals surface area contributed by atoms with E-state index in [1.807, 2.05) is 13.0 Å². The van der Waals surface area contributed by atoms with Crippen LogP contribution in [0.5, 0.6) is 0 Å². The Morgan fingerprint density at radius 1 is 1.50 bits per heavy atom. The number of hydrogen-bond donors (Lipinski definition) is 1. The van der Waals surface area contributed by atoms with Crippen LogP contribution in [0.3, 0.4) is 0 Å². The molecule has 1 rings (SSSR count). The Morgan fingerprint density at radius 3 is 2.83 bits per heavy atom. The summed E-state index contributed by atoms with van der Waals surface area (Å²) in [6, 6.07) is 5.28. The minimum Gasteiger partial charge on any atom is -0.330 e. The second-order valence-electron chi connectivity index (χ2n) is 2.80. The molecule has 0 aromatic carbocycles. The molecule has 0 saturated carbocycles. The molecule has 1 heterocycles. The van der Waals surface area contributed by atoms with Crippen molar-refractivity contribution in [3.8, 4) is 0 Å². The molecule has 1 aromatic heterocycles. The van der Waals surface area contributed by atoms with Crippen molar-refractivity contribution in [2.24, 2.45) is 5.73 Å². The first kappa shape index (κ1) is 9.00. The van der Waals surface area contributed by atoms with Crippen LogP contribution in [0.25, 0.3) is 0 Å². The van der Waals surface area contributed by atoms with E-state index in [1.54, 1.807) is 16.7 Å². The van der Waals surface area contributed by atoms with Crippen molar-refractivity contribution in [2.45, 2.75) is 19.9 Å². The van der Waals surface area contributed by atoms with Gasteiger partial charge in [-0.1, -0.05) is 6.07 Å². The number of hydrogen-bond acceptors (Lipinski definition) is 2. The topological polar surface area (TPSA) is 48.0 Å². The van der Waals surface area contributed by atoms with Crippen LogP contribution in [-0.2, 0) is 6.54 Å². The number of aromatic nitrogens is 1. The molecule has 0 aliphatic heterocycles. The van der Waals surface area contributed by atoms with Crippen molar-refractivity contribution in [3.05, 3.63) is 34.2 Å². The van der Waals surface area contributed by atoms with E-state index >= 15 is 0 Å². The van der Waals surface area contributed by atoms with Crippen molar-refractivity contribution in [3.63, 3.8) is 0 Å². The van der Waals surface area contributed by atoms with Gasteiger partial charge in [0.15, 0.2) is 0 Å². The number of rotatable bonds is 3. The SMILES string of the molecule is Cc1cccc(=O)n1CCCN. The fourth-order valence-electron chi connectivity index (χ4n) is 1.16. The highest BCUT2D eigenvalue weighted by atomic mass is 16.1. The second kappa shape index (κ2) is 4.07. The number of nitrogens with zero attached hydrogens (tertiary/aromatic N) is 1. The lowest BCUT2D eigenvalue weighted by molar-refractivity contribution is 0.614. The third-order valence-corrected chi connectivity index (χ3v) is 1.85. The largest absolute Gasteiger partial charge is 0.330 e. The van der Waals surface area contributed by atoms with Crippen molar-refractivity contribution in [2.75, 3.05) is 6.54 Å². The zero-order valence-electron chi connectivity index (χ0n) is 7.29. The summed E-state index contributed by atoms with van der Waals surface area (Å²) in [7, 11) is 0. The minimum atomic E-state index is 0.0588. The maximum atomic E-state index is 11.3. The highest BCUT2D eigenvalue weighted by molar-refractivity contribution is 5.04. The van der Waals surface area contributed by atoms with Gasteiger partial charge in [-0.05, 0) is 26.0 Å². The Labute approximate surface area is 71.8 Å². The average Bonchev–Trinajstić information content (AvgIpc) is 2.04. The number of pyridine rings is 1. The minimum absolute atomic E-state index is 0.0588. The third kappa shape index (κ3) is 1.95. The molecule has 66 valence electrons. The summed E-state index contributed by atoms with van der Waals surface area (Å²) >= 11 is 0. The zero-order valence-corrected chi connectivity index (χ0v) is 7.29. The molecule has 0 aliphatic rings. The summed E-state index contributed by atoms with van der Waals surface area (Å²) in [6.07, 6.45) is 0.852. The first-order valence-corrected chi connectivity index (χ1v) is 4.12. The van der Waals surface area contributed by atoms with Crippen LogP contribution in [0, 0.1) is 6.92 Å². The fourth-order valence-corrected chi connectivity index (χ4v) is 1.16. The van der Waals surface area contributed by atoms with E-state index < -0.39 is 0 Å². The van der Waals surface area contributed by atoms with E-state index in [-0.39, 0.29) is 5.56 Å². The average molecular weight is 166 g/mol. The Kier molecular flexibility index (Phi) is 3.05. The van der Waals surface area contributed by atoms with E-state index in [2.05, 4.69) is 0 Å². The molecule has 0 aliphatic carbocycles. The molecule has 0 fully saturated rings. The predicted octanol–water partition coefficient (Wildman–Crippen LogP) is 0.506. The molecule has 0 atom stereocenters. The summed E-state index contributed by atoms with van der Waals surface area (Å²) < 4.78 is 1.74. The maximum Gasteiger partial charge on any atom is 0.250 e.